The number of aliphatic carboxylic acids is 1. The molecule has 2 amide bonds. The fraction of sp³-hybridized carbons (Fsp3) is 0.379. The van der Waals surface area contributed by atoms with E-state index in [-0.39, 0.29) is 24.3 Å². The average Bonchev–Trinajstić information content (AvgIpc) is 3.60. The molecule has 2 heterocycles. The Labute approximate surface area is 244 Å². The van der Waals surface area contributed by atoms with E-state index < -0.39 is 51.0 Å². The number of hydrogen-bond donors (Lipinski definition) is 3. The second kappa shape index (κ2) is 13.6. The molecule has 1 saturated heterocycles. The first-order valence-corrected chi connectivity index (χ1v) is 15.2. The molecule has 12 nitrogen and oxygen atoms in total. The Kier molecular flexibility index (Phi) is 9.96. The Morgan fingerprint density at radius 3 is 2.48 bits per heavy atom. The minimum Gasteiger partial charge on any atom is -0.488 e. The highest BCUT2D eigenvalue weighted by molar-refractivity contribution is 7.86. The number of carbonyl (C=O) groups is 3. The van der Waals surface area contributed by atoms with Gasteiger partial charge in [-0.25, -0.2) is 9.78 Å². The molecule has 3 aromatic rings. The number of ether oxygens (including phenoxy) is 1. The van der Waals surface area contributed by atoms with Gasteiger partial charge in [0.2, 0.25) is 5.91 Å². The molecule has 1 fully saturated rings. The minimum absolute atomic E-state index is 0.0537. The van der Waals surface area contributed by atoms with Crippen LogP contribution in [0.25, 0.3) is 0 Å². The molecule has 42 heavy (non-hydrogen) atoms. The molecule has 2 aromatic carbocycles. The van der Waals surface area contributed by atoms with Gasteiger partial charge in [0.25, 0.3) is 16.0 Å². The standard InChI is InChI=1S/C29H34N4O8S/c1-2-3-4-8-14-23(28(35)33-17-21(16-24(33)29(36)37)41-20-11-6-5-7-12-20)32-18-26(30-19-32)31-27(34)22-13-9-10-15-25(22)42(38,39)40/h5-7,9-13,15,18-19,21,23-24H,2-4,8,14,16-17H2,1H3,(H,31,34)(H,36,37)(H,38,39,40)/t21?,23?,24-/m0/s1. The largest absolute Gasteiger partial charge is 0.488 e. The molecule has 0 bridgehead atoms. The Morgan fingerprint density at radius 1 is 1.07 bits per heavy atom. The van der Waals surface area contributed by atoms with Gasteiger partial charge >= 0.3 is 5.97 Å². The van der Waals surface area contributed by atoms with Gasteiger partial charge in [-0.05, 0) is 30.7 Å². The molecule has 3 N–H and O–H groups in total. The Balaban J connectivity index is 1.55. The first-order valence-electron chi connectivity index (χ1n) is 13.7. The van der Waals surface area contributed by atoms with E-state index in [1.165, 1.54) is 40.2 Å². The van der Waals surface area contributed by atoms with Crippen molar-refractivity contribution in [3.8, 4) is 5.75 Å². The number of hydrogen-bond acceptors (Lipinski definition) is 7. The number of carboxylic acid groups (broad SMARTS) is 1. The van der Waals surface area contributed by atoms with Gasteiger partial charge in [-0.3, -0.25) is 14.1 Å². The van der Waals surface area contributed by atoms with Crippen molar-refractivity contribution in [1.82, 2.24) is 14.5 Å². The second-order valence-electron chi connectivity index (χ2n) is 10.1. The summed E-state index contributed by atoms with van der Waals surface area (Å²) in [6.45, 7) is 2.17. The number of nitrogens with one attached hydrogen (secondary N) is 1. The topological polar surface area (TPSA) is 168 Å². The highest BCUT2D eigenvalue weighted by Crippen LogP contribution is 2.29. The van der Waals surface area contributed by atoms with Crippen LogP contribution in [0, 0.1) is 0 Å². The van der Waals surface area contributed by atoms with E-state index >= 15 is 0 Å². The highest BCUT2D eigenvalue weighted by Gasteiger charge is 2.43. The van der Waals surface area contributed by atoms with Crippen molar-refractivity contribution in [1.29, 1.82) is 0 Å². The number of carbonyl (C=O) groups excluding carboxylic acids is 2. The fourth-order valence-corrected chi connectivity index (χ4v) is 5.73. The van der Waals surface area contributed by atoms with Gasteiger partial charge in [0.1, 0.15) is 28.8 Å². The number of aromatic nitrogens is 2. The van der Waals surface area contributed by atoms with Crippen molar-refractivity contribution in [2.45, 2.75) is 68.5 Å². The summed E-state index contributed by atoms with van der Waals surface area (Å²) in [6.07, 6.45) is 6.44. The zero-order valence-corrected chi connectivity index (χ0v) is 23.9. The summed E-state index contributed by atoms with van der Waals surface area (Å²) >= 11 is 0. The lowest BCUT2D eigenvalue weighted by molar-refractivity contribution is -0.149. The monoisotopic (exact) mass is 598 g/mol. The fourth-order valence-electron chi connectivity index (χ4n) is 5.04. The van der Waals surface area contributed by atoms with E-state index in [0.717, 1.165) is 25.3 Å². The SMILES string of the molecule is CCCCCCC(C(=O)N1CC(Oc2ccccc2)C[C@H]1C(=O)O)n1cnc(NC(=O)c2ccccc2S(=O)(=O)O)c1. The van der Waals surface area contributed by atoms with E-state index in [9.17, 15) is 32.5 Å². The summed E-state index contributed by atoms with van der Waals surface area (Å²) in [5, 5.41) is 12.4. The number of imidazole rings is 1. The normalized spacial score (nSPS) is 17.5. The molecule has 1 aliphatic rings. The summed E-state index contributed by atoms with van der Waals surface area (Å²) < 4.78 is 40.4. The van der Waals surface area contributed by atoms with Crippen molar-refractivity contribution in [3.63, 3.8) is 0 Å². The first kappa shape index (κ1) is 30.7. The molecule has 224 valence electrons. The van der Waals surface area contributed by atoms with Crippen LogP contribution in [0.15, 0.2) is 72.0 Å². The van der Waals surface area contributed by atoms with Crippen LogP contribution in [0.1, 0.15) is 61.8 Å². The molecular weight excluding hydrogens is 564 g/mol. The molecule has 0 radical (unpaired) electrons. The van der Waals surface area contributed by atoms with Gasteiger partial charge in [-0.2, -0.15) is 8.42 Å². The van der Waals surface area contributed by atoms with E-state index in [1.807, 2.05) is 18.2 Å². The predicted molar refractivity (Wildman–Crippen MR) is 153 cm³/mol. The number of amides is 2. The van der Waals surface area contributed by atoms with Crippen molar-refractivity contribution < 1.29 is 37.2 Å². The maximum Gasteiger partial charge on any atom is 0.326 e. The van der Waals surface area contributed by atoms with Crippen molar-refractivity contribution >= 4 is 33.7 Å². The molecular formula is C29H34N4O8S. The molecule has 3 atom stereocenters. The summed E-state index contributed by atoms with van der Waals surface area (Å²) in [6, 6.07) is 12.3. The van der Waals surface area contributed by atoms with Gasteiger partial charge in [-0.15, -0.1) is 0 Å². The van der Waals surface area contributed by atoms with Crippen LogP contribution in [-0.2, 0) is 19.7 Å². The summed E-state index contributed by atoms with van der Waals surface area (Å²) in [5.41, 5.74) is -0.271. The van der Waals surface area contributed by atoms with Gasteiger partial charge in [0.15, 0.2) is 5.82 Å². The molecule has 1 aliphatic heterocycles. The maximum atomic E-state index is 13.9. The zero-order chi connectivity index (χ0) is 30.3. The number of rotatable bonds is 13. The third kappa shape index (κ3) is 7.53. The van der Waals surface area contributed by atoms with E-state index in [0.29, 0.717) is 18.6 Å². The van der Waals surface area contributed by atoms with Gasteiger partial charge in [0.05, 0.1) is 18.4 Å². The number of para-hydroxylation sites is 1. The number of nitrogens with zero attached hydrogens (tertiary/aromatic N) is 3. The molecule has 2 unspecified atom stereocenters. The molecule has 4 rings (SSSR count). The van der Waals surface area contributed by atoms with Crippen LogP contribution in [0.2, 0.25) is 0 Å². The molecule has 1 aromatic heterocycles. The van der Waals surface area contributed by atoms with Crippen LogP contribution in [-0.4, -0.2) is 69.0 Å². The Bertz CT molecular complexity index is 1510. The Hall–Kier alpha value is -4.23. The number of carboxylic acids is 1. The summed E-state index contributed by atoms with van der Waals surface area (Å²) in [4.78, 5) is 43.9. The van der Waals surface area contributed by atoms with Crippen LogP contribution in [0.5, 0.6) is 5.75 Å². The molecule has 0 spiro atoms. The third-order valence-corrected chi connectivity index (χ3v) is 8.02. The van der Waals surface area contributed by atoms with E-state index in [4.69, 9.17) is 4.74 Å². The van der Waals surface area contributed by atoms with Crippen LogP contribution < -0.4 is 10.1 Å². The van der Waals surface area contributed by atoms with Crippen LogP contribution in [0.4, 0.5) is 5.82 Å². The van der Waals surface area contributed by atoms with Crippen molar-refractivity contribution in [2.24, 2.45) is 0 Å². The average molecular weight is 599 g/mol. The third-order valence-electron chi connectivity index (χ3n) is 7.11. The number of benzene rings is 2. The molecule has 0 saturated carbocycles. The van der Waals surface area contributed by atoms with Crippen LogP contribution in [0.3, 0.4) is 0 Å². The zero-order valence-electron chi connectivity index (χ0n) is 23.1. The Morgan fingerprint density at radius 2 is 1.79 bits per heavy atom. The number of anilines is 1. The predicted octanol–water partition coefficient (Wildman–Crippen LogP) is 4.03. The second-order valence-corrected chi connectivity index (χ2v) is 11.5. The highest BCUT2D eigenvalue weighted by atomic mass is 32.2. The van der Waals surface area contributed by atoms with Crippen molar-refractivity contribution in [3.05, 3.63) is 72.7 Å². The lowest BCUT2D eigenvalue weighted by Gasteiger charge is -2.27. The van der Waals surface area contributed by atoms with Gasteiger partial charge in [0, 0.05) is 12.6 Å². The molecule has 0 aliphatic carbocycles. The van der Waals surface area contributed by atoms with E-state index in [2.05, 4.69) is 17.2 Å². The van der Waals surface area contributed by atoms with E-state index in [1.54, 1.807) is 12.1 Å². The van der Waals surface area contributed by atoms with Crippen LogP contribution >= 0.6 is 0 Å². The summed E-state index contributed by atoms with van der Waals surface area (Å²) in [7, 11) is -4.65. The maximum absolute atomic E-state index is 13.9. The minimum atomic E-state index is -4.65. The van der Waals surface area contributed by atoms with Crippen molar-refractivity contribution in [2.75, 3.05) is 11.9 Å². The lowest BCUT2D eigenvalue weighted by Crippen LogP contribution is -2.44. The molecule has 13 heteroatoms. The summed E-state index contributed by atoms with van der Waals surface area (Å²) in [5.74, 6) is -1.69. The number of likely N-dealkylation sites (tertiary alicyclic amines) is 1. The lowest BCUT2D eigenvalue weighted by atomic mass is 10.1. The smallest absolute Gasteiger partial charge is 0.326 e. The van der Waals surface area contributed by atoms with Gasteiger partial charge < -0.3 is 24.6 Å². The van der Waals surface area contributed by atoms with Gasteiger partial charge in [-0.1, -0.05) is 62.9 Å². The number of unbranched alkanes of at least 4 members (excludes halogenated alkanes) is 3. The first-order chi connectivity index (χ1) is 20.1. The quantitative estimate of drug-likeness (QED) is 0.194.